The lowest BCUT2D eigenvalue weighted by Crippen LogP contribution is -2.49. The largest absolute Gasteiger partial charge is 0.465 e. The maximum absolute atomic E-state index is 14.4. The van der Waals surface area contributed by atoms with Gasteiger partial charge in [-0.25, -0.2) is 4.39 Å². The van der Waals surface area contributed by atoms with Crippen molar-refractivity contribution < 1.29 is 23.5 Å². The van der Waals surface area contributed by atoms with E-state index in [-0.39, 0.29) is 26.1 Å². The number of halogens is 1. The molecule has 1 atom stereocenters. The predicted molar refractivity (Wildman–Crippen MR) is 68.2 cm³/mol. The van der Waals surface area contributed by atoms with E-state index in [1.165, 1.54) is 6.92 Å². The molecule has 1 unspecified atom stereocenters. The number of hydrogen-bond acceptors (Lipinski definition) is 4. The molecule has 0 N–H and O–H groups in total. The van der Waals surface area contributed by atoms with Crippen LogP contribution in [0.3, 0.4) is 0 Å². The molecule has 1 fully saturated rings. The Bertz CT molecular complexity index is 356. The first-order chi connectivity index (χ1) is 8.63. The van der Waals surface area contributed by atoms with E-state index in [9.17, 15) is 14.0 Å². The van der Waals surface area contributed by atoms with Crippen molar-refractivity contribution in [3.8, 4) is 0 Å². The topological polar surface area (TPSA) is 52.6 Å². The summed E-state index contributed by atoms with van der Waals surface area (Å²) in [5, 5.41) is 0. The van der Waals surface area contributed by atoms with E-state index in [0.717, 1.165) is 0 Å². The van der Waals surface area contributed by atoms with Crippen LogP contribution < -0.4 is 0 Å². The van der Waals surface area contributed by atoms with E-state index < -0.39 is 28.4 Å². The Morgan fingerprint density at radius 3 is 1.68 bits per heavy atom. The molecule has 0 amide bonds. The van der Waals surface area contributed by atoms with Gasteiger partial charge in [0.1, 0.15) is 5.67 Å². The van der Waals surface area contributed by atoms with Crippen molar-refractivity contribution in [2.75, 3.05) is 13.2 Å². The van der Waals surface area contributed by atoms with Gasteiger partial charge in [0.15, 0.2) is 5.41 Å². The molecule has 0 aliphatic heterocycles. The quantitative estimate of drug-likeness (QED) is 0.584. The van der Waals surface area contributed by atoms with E-state index in [4.69, 9.17) is 9.47 Å². The van der Waals surface area contributed by atoms with Crippen LogP contribution in [0.5, 0.6) is 0 Å². The van der Waals surface area contributed by atoms with Crippen molar-refractivity contribution in [1.29, 1.82) is 0 Å². The summed E-state index contributed by atoms with van der Waals surface area (Å²) in [6, 6.07) is 0. The lowest BCUT2D eigenvalue weighted by Gasteiger charge is -2.36. The van der Waals surface area contributed by atoms with Crippen LogP contribution in [0.4, 0.5) is 4.39 Å². The molecular formula is C14H23FO4. The molecule has 0 aromatic carbocycles. The fourth-order valence-corrected chi connectivity index (χ4v) is 3.22. The third kappa shape index (κ3) is 2.60. The Morgan fingerprint density at radius 2 is 1.42 bits per heavy atom. The van der Waals surface area contributed by atoms with Gasteiger partial charge in [-0.15, -0.1) is 0 Å². The van der Waals surface area contributed by atoms with Crippen LogP contribution in [0, 0.1) is 10.8 Å². The van der Waals surface area contributed by atoms with Crippen LogP contribution >= 0.6 is 0 Å². The van der Waals surface area contributed by atoms with Gasteiger partial charge >= 0.3 is 11.9 Å². The average Bonchev–Trinajstić information content (AvgIpc) is 2.44. The highest BCUT2D eigenvalue weighted by molar-refractivity contribution is 6.01. The lowest BCUT2D eigenvalue weighted by atomic mass is 9.68. The normalized spacial score (nSPS) is 27.9. The minimum absolute atomic E-state index is 0.123. The fraction of sp³-hybridized carbons (Fsp3) is 0.857. The first-order valence-corrected chi connectivity index (χ1v) is 6.66. The number of rotatable bonds is 4. The highest BCUT2D eigenvalue weighted by atomic mass is 19.1. The van der Waals surface area contributed by atoms with Crippen molar-refractivity contribution >= 4 is 11.9 Å². The van der Waals surface area contributed by atoms with Crippen molar-refractivity contribution in [1.82, 2.24) is 0 Å². The second-order valence-electron chi connectivity index (χ2n) is 6.00. The minimum atomic E-state index is -1.58. The molecule has 0 aromatic heterocycles. The third-order valence-corrected chi connectivity index (χ3v) is 3.85. The van der Waals surface area contributed by atoms with E-state index >= 15 is 0 Å². The zero-order valence-corrected chi connectivity index (χ0v) is 12.3. The predicted octanol–water partition coefficient (Wildman–Crippen LogP) is 2.65. The fourth-order valence-electron chi connectivity index (χ4n) is 3.22. The molecule has 110 valence electrons. The van der Waals surface area contributed by atoms with Gasteiger partial charge in [0.05, 0.1) is 13.2 Å². The summed E-state index contributed by atoms with van der Waals surface area (Å²) in [6.07, 6.45) is -0.0672. The second kappa shape index (κ2) is 5.10. The Kier molecular flexibility index (Phi) is 4.27. The lowest BCUT2D eigenvalue weighted by molar-refractivity contribution is -0.179. The molecule has 0 heterocycles. The van der Waals surface area contributed by atoms with Gasteiger partial charge in [0.2, 0.25) is 0 Å². The maximum Gasteiger partial charge on any atom is 0.324 e. The molecule has 1 aliphatic carbocycles. The molecule has 0 aromatic rings. The maximum atomic E-state index is 14.4. The average molecular weight is 274 g/mol. The third-order valence-electron chi connectivity index (χ3n) is 3.85. The molecular weight excluding hydrogens is 251 g/mol. The summed E-state index contributed by atoms with van der Waals surface area (Å²) >= 11 is 0. The van der Waals surface area contributed by atoms with E-state index in [2.05, 4.69) is 0 Å². The molecule has 0 radical (unpaired) electrons. The molecule has 0 spiro atoms. The van der Waals surface area contributed by atoms with E-state index in [0.29, 0.717) is 0 Å². The first-order valence-electron chi connectivity index (χ1n) is 6.66. The Labute approximate surface area is 113 Å². The SMILES string of the molecule is CCOC(=O)C1(C(=O)OCC)CC(C)(F)CC1(C)C. The van der Waals surface area contributed by atoms with Gasteiger partial charge in [-0.2, -0.15) is 0 Å². The highest BCUT2D eigenvalue weighted by Gasteiger charge is 2.68. The number of alkyl halides is 1. The van der Waals surface area contributed by atoms with Gasteiger partial charge in [-0.05, 0) is 32.6 Å². The van der Waals surface area contributed by atoms with Gasteiger partial charge < -0.3 is 9.47 Å². The summed E-state index contributed by atoms with van der Waals surface area (Å²) in [5.74, 6) is -1.36. The molecule has 1 saturated carbocycles. The van der Waals surface area contributed by atoms with E-state index in [1.807, 2.05) is 0 Å². The molecule has 5 heteroatoms. The first kappa shape index (κ1) is 15.9. The standard InChI is InChI=1S/C14H23FO4/c1-6-18-10(16)14(11(17)19-7-2)9-13(5,15)8-12(14,3)4/h6-9H2,1-5H3. The van der Waals surface area contributed by atoms with Crippen LogP contribution in [0.2, 0.25) is 0 Å². The number of esters is 2. The molecule has 19 heavy (non-hydrogen) atoms. The number of carbonyl (C=O) groups excluding carboxylic acids is 2. The summed E-state index contributed by atoms with van der Waals surface area (Å²) in [6.45, 7) is 8.46. The van der Waals surface area contributed by atoms with Gasteiger partial charge in [0.25, 0.3) is 0 Å². The second-order valence-corrected chi connectivity index (χ2v) is 6.00. The minimum Gasteiger partial charge on any atom is -0.465 e. The summed E-state index contributed by atoms with van der Waals surface area (Å²) in [7, 11) is 0. The Hall–Kier alpha value is -1.13. The van der Waals surface area contributed by atoms with Crippen molar-refractivity contribution in [2.24, 2.45) is 10.8 Å². The highest BCUT2D eigenvalue weighted by Crippen LogP contribution is 2.59. The van der Waals surface area contributed by atoms with Crippen molar-refractivity contribution in [3.05, 3.63) is 0 Å². The number of ether oxygens (including phenoxy) is 2. The van der Waals surface area contributed by atoms with Gasteiger partial charge in [-0.3, -0.25) is 9.59 Å². The summed E-state index contributed by atoms with van der Waals surface area (Å²) < 4.78 is 24.4. The number of carbonyl (C=O) groups is 2. The zero-order valence-electron chi connectivity index (χ0n) is 12.3. The Balaban J connectivity index is 3.27. The van der Waals surface area contributed by atoms with E-state index in [1.54, 1.807) is 27.7 Å². The molecule has 1 rings (SSSR count). The van der Waals surface area contributed by atoms with Crippen LogP contribution in [-0.4, -0.2) is 30.8 Å². The zero-order chi connectivity index (χ0) is 14.9. The molecule has 0 saturated heterocycles. The van der Waals surface area contributed by atoms with Crippen LogP contribution in [0.15, 0.2) is 0 Å². The van der Waals surface area contributed by atoms with Gasteiger partial charge in [0, 0.05) is 6.42 Å². The molecule has 4 nitrogen and oxygen atoms in total. The number of hydrogen-bond donors (Lipinski definition) is 0. The van der Waals surface area contributed by atoms with Crippen LogP contribution in [-0.2, 0) is 19.1 Å². The molecule has 0 bridgehead atoms. The van der Waals surface area contributed by atoms with Crippen molar-refractivity contribution in [2.45, 2.75) is 53.1 Å². The summed E-state index contributed by atoms with van der Waals surface area (Å²) in [4.78, 5) is 24.6. The molecule has 1 aliphatic rings. The van der Waals surface area contributed by atoms with Crippen LogP contribution in [0.25, 0.3) is 0 Å². The monoisotopic (exact) mass is 274 g/mol. The smallest absolute Gasteiger partial charge is 0.324 e. The summed E-state index contributed by atoms with van der Waals surface area (Å²) in [5.41, 5.74) is -3.97. The Morgan fingerprint density at radius 1 is 1.00 bits per heavy atom. The van der Waals surface area contributed by atoms with Gasteiger partial charge in [-0.1, -0.05) is 13.8 Å². The van der Waals surface area contributed by atoms with Crippen molar-refractivity contribution in [3.63, 3.8) is 0 Å². The van der Waals surface area contributed by atoms with Crippen LogP contribution in [0.1, 0.15) is 47.5 Å².